The highest BCUT2D eigenvalue weighted by atomic mass is 16.5. The number of anilines is 1. The maximum Gasteiger partial charge on any atom is 0.248 e. The Morgan fingerprint density at radius 2 is 1.88 bits per heavy atom. The van der Waals surface area contributed by atoms with Gasteiger partial charge >= 0.3 is 0 Å². The van der Waals surface area contributed by atoms with E-state index in [9.17, 15) is 9.90 Å². The van der Waals surface area contributed by atoms with Crippen molar-refractivity contribution in [2.24, 2.45) is 5.92 Å². The zero-order valence-corrected chi connectivity index (χ0v) is 18.9. The number of rotatable bonds is 7. The summed E-state index contributed by atoms with van der Waals surface area (Å²) in [5.74, 6) is 1.32. The van der Waals surface area contributed by atoms with Crippen molar-refractivity contribution in [3.63, 3.8) is 0 Å². The van der Waals surface area contributed by atoms with E-state index in [-0.39, 0.29) is 11.7 Å². The summed E-state index contributed by atoms with van der Waals surface area (Å²) in [6.45, 7) is 4.81. The van der Waals surface area contributed by atoms with Crippen molar-refractivity contribution >= 4 is 17.7 Å². The van der Waals surface area contributed by atoms with E-state index < -0.39 is 0 Å². The molecule has 1 saturated heterocycles. The first kappa shape index (κ1) is 22.6. The Balaban J connectivity index is 1.37. The van der Waals surface area contributed by atoms with Crippen molar-refractivity contribution in [3.05, 3.63) is 83.9 Å². The lowest BCUT2D eigenvalue weighted by molar-refractivity contribution is -0.111. The highest BCUT2D eigenvalue weighted by Gasteiger charge is 2.13. The summed E-state index contributed by atoms with van der Waals surface area (Å²) in [4.78, 5) is 12.5. The molecule has 1 heterocycles. The molecule has 1 amide bonds. The van der Waals surface area contributed by atoms with Crippen LogP contribution in [-0.4, -0.2) is 30.7 Å². The van der Waals surface area contributed by atoms with Crippen LogP contribution >= 0.6 is 0 Å². The maximum absolute atomic E-state index is 12.5. The number of phenols is 1. The number of hydrogen-bond donors (Lipinski definition) is 3. The van der Waals surface area contributed by atoms with Crippen LogP contribution in [-0.2, 0) is 4.79 Å². The monoisotopic (exact) mass is 442 g/mol. The molecule has 0 spiro atoms. The lowest BCUT2D eigenvalue weighted by Gasteiger charge is -2.22. The summed E-state index contributed by atoms with van der Waals surface area (Å²) in [6, 6.07) is 20.8. The number of carbonyl (C=O) groups excluding carboxylic acids is 1. The predicted molar refractivity (Wildman–Crippen MR) is 133 cm³/mol. The first-order chi connectivity index (χ1) is 16.1. The Bertz CT molecular complexity index is 1120. The summed E-state index contributed by atoms with van der Waals surface area (Å²) in [5, 5.41) is 16.5. The van der Waals surface area contributed by atoms with Gasteiger partial charge in [0, 0.05) is 23.4 Å². The van der Waals surface area contributed by atoms with Crippen LogP contribution in [0.5, 0.6) is 11.5 Å². The molecule has 0 unspecified atom stereocenters. The Hall–Kier alpha value is -3.57. The average molecular weight is 443 g/mol. The maximum atomic E-state index is 12.5. The van der Waals surface area contributed by atoms with E-state index in [4.69, 9.17) is 4.74 Å². The van der Waals surface area contributed by atoms with Crippen molar-refractivity contribution in [1.82, 2.24) is 5.32 Å². The van der Waals surface area contributed by atoms with E-state index in [1.54, 1.807) is 18.2 Å². The molecule has 3 N–H and O–H groups in total. The first-order valence-electron chi connectivity index (χ1n) is 11.4. The van der Waals surface area contributed by atoms with Gasteiger partial charge in [-0.05, 0) is 80.2 Å². The SMILES string of the molecule is Cc1ccc(-c2cc(C=CC(=O)Nc3cccc(OCC4CCNCC4)c3)ccc2O)cc1. The standard InChI is InChI=1S/C28H30N2O3/c1-20-5-9-23(10-6-20)26-17-21(7-11-27(26)31)8-12-28(32)30-24-3-2-4-25(18-24)33-19-22-13-15-29-16-14-22/h2-12,17-18,22,29,31H,13-16,19H2,1H3,(H,30,32). The van der Waals surface area contributed by atoms with E-state index >= 15 is 0 Å². The summed E-state index contributed by atoms with van der Waals surface area (Å²) in [5.41, 5.74) is 4.35. The van der Waals surface area contributed by atoms with E-state index in [0.29, 0.717) is 18.2 Å². The molecule has 0 aromatic heterocycles. The largest absolute Gasteiger partial charge is 0.507 e. The second-order valence-electron chi connectivity index (χ2n) is 8.50. The molecule has 170 valence electrons. The van der Waals surface area contributed by atoms with Crippen molar-refractivity contribution in [2.45, 2.75) is 19.8 Å². The van der Waals surface area contributed by atoms with E-state index in [0.717, 1.165) is 53.9 Å². The lowest BCUT2D eigenvalue weighted by Crippen LogP contribution is -2.30. The van der Waals surface area contributed by atoms with Gasteiger partial charge < -0.3 is 20.5 Å². The molecule has 33 heavy (non-hydrogen) atoms. The molecular weight excluding hydrogens is 412 g/mol. The van der Waals surface area contributed by atoms with Gasteiger partial charge in [-0.15, -0.1) is 0 Å². The summed E-state index contributed by atoms with van der Waals surface area (Å²) < 4.78 is 5.95. The van der Waals surface area contributed by atoms with Crippen LogP contribution in [0.25, 0.3) is 17.2 Å². The van der Waals surface area contributed by atoms with Gasteiger partial charge in [0.2, 0.25) is 5.91 Å². The zero-order chi connectivity index (χ0) is 23.0. The molecule has 0 atom stereocenters. The molecule has 3 aromatic carbocycles. The minimum Gasteiger partial charge on any atom is -0.507 e. The number of carbonyl (C=O) groups is 1. The number of ether oxygens (including phenoxy) is 1. The number of hydrogen-bond acceptors (Lipinski definition) is 4. The van der Waals surface area contributed by atoms with Gasteiger partial charge in [0.25, 0.3) is 0 Å². The van der Waals surface area contributed by atoms with Gasteiger partial charge in [-0.2, -0.15) is 0 Å². The third-order valence-electron chi connectivity index (χ3n) is 5.86. The van der Waals surface area contributed by atoms with Crippen molar-refractivity contribution in [1.29, 1.82) is 0 Å². The lowest BCUT2D eigenvalue weighted by atomic mass is 9.99. The molecule has 1 aliphatic heterocycles. The summed E-state index contributed by atoms with van der Waals surface area (Å²) in [7, 11) is 0. The Morgan fingerprint density at radius 3 is 2.67 bits per heavy atom. The van der Waals surface area contributed by atoms with Crippen LogP contribution in [0.3, 0.4) is 0 Å². The molecule has 4 rings (SSSR count). The molecular formula is C28H30N2O3. The topological polar surface area (TPSA) is 70.6 Å². The second kappa shape index (κ2) is 10.8. The van der Waals surface area contributed by atoms with Crippen LogP contribution < -0.4 is 15.4 Å². The smallest absolute Gasteiger partial charge is 0.248 e. The van der Waals surface area contributed by atoms with Crippen LogP contribution in [0, 0.1) is 12.8 Å². The summed E-state index contributed by atoms with van der Waals surface area (Å²) in [6.07, 6.45) is 5.49. The number of phenolic OH excluding ortho intramolecular Hbond substituents is 1. The molecule has 0 saturated carbocycles. The minimum absolute atomic E-state index is 0.210. The number of amides is 1. The quantitative estimate of drug-likeness (QED) is 0.429. The van der Waals surface area contributed by atoms with Gasteiger partial charge in [-0.25, -0.2) is 0 Å². The Kier molecular flexibility index (Phi) is 7.43. The fourth-order valence-corrected chi connectivity index (χ4v) is 3.90. The van der Waals surface area contributed by atoms with Gasteiger partial charge in [-0.1, -0.05) is 42.0 Å². The summed E-state index contributed by atoms with van der Waals surface area (Å²) >= 11 is 0. The van der Waals surface area contributed by atoms with Gasteiger partial charge in [0.05, 0.1) is 6.61 Å². The van der Waals surface area contributed by atoms with Crippen LogP contribution in [0.2, 0.25) is 0 Å². The normalized spacial score (nSPS) is 14.3. The van der Waals surface area contributed by atoms with Gasteiger partial charge in [-0.3, -0.25) is 4.79 Å². The van der Waals surface area contributed by atoms with Crippen LogP contribution in [0.1, 0.15) is 24.0 Å². The Morgan fingerprint density at radius 1 is 1.09 bits per heavy atom. The van der Waals surface area contributed by atoms with E-state index in [1.165, 1.54) is 6.08 Å². The zero-order valence-electron chi connectivity index (χ0n) is 18.9. The van der Waals surface area contributed by atoms with Gasteiger partial charge in [0.1, 0.15) is 11.5 Å². The highest BCUT2D eigenvalue weighted by molar-refractivity contribution is 6.02. The van der Waals surface area contributed by atoms with Crippen molar-refractivity contribution in [2.75, 3.05) is 25.0 Å². The van der Waals surface area contributed by atoms with Gasteiger partial charge in [0.15, 0.2) is 0 Å². The number of benzene rings is 3. The van der Waals surface area contributed by atoms with Crippen molar-refractivity contribution < 1.29 is 14.6 Å². The first-order valence-corrected chi connectivity index (χ1v) is 11.4. The number of piperidine rings is 1. The van der Waals surface area contributed by atoms with Crippen LogP contribution in [0.15, 0.2) is 72.8 Å². The van der Waals surface area contributed by atoms with E-state index in [1.807, 2.05) is 61.5 Å². The molecule has 3 aromatic rings. The fourth-order valence-electron chi connectivity index (χ4n) is 3.90. The average Bonchev–Trinajstić information content (AvgIpc) is 2.84. The van der Waals surface area contributed by atoms with Crippen molar-refractivity contribution in [3.8, 4) is 22.6 Å². The van der Waals surface area contributed by atoms with Crippen LogP contribution in [0.4, 0.5) is 5.69 Å². The molecule has 1 fully saturated rings. The molecule has 0 bridgehead atoms. The Labute approximate surface area is 195 Å². The molecule has 5 nitrogen and oxygen atoms in total. The fraction of sp³-hybridized carbons (Fsp3) is 0.250. The molecule has 5 heteroatoms. The highest BCUT2D eigenvalue weighted by Crippen LogP contribution is 2.30. The number of aromatic hydroxyl groups is 1. The molecule has 0 radical (unpaired) electrons. The molecule has 0 aliphatic carbocycles. The third kappa shape index (κ3) is 6.46. The minimum atomic E-state index is -0.226. The second-order valence-corrected chi connectivity index (χ2v) is 8.50. The molecule has 1 aliphatic rings. The number of nitrogens with one attached hydrogen (secondary N) is 2. The predicted octanol–water partition coefficient (Wildman–Crippen LogP) is 5.40. The number of aryl methyl sites for hydroxylation is 1. The van der Waals surface area contributed by atoms with E-state index in [2.05, 4.69) is 10.6 Å². The third-order valence-corrected chi connectivity index (χ3v) is 5.86.